The van der Waals surface area contributed by atoms with Crippen molar-refractivity contribution in [1.29, 1.82) is 0 Å². The topological polar surface area (TPSA) is 112 Å². The number of non-ortho nitro benzene ring substituents is 1. The number of imide groups is 1. The molecule has 2 aliphatic rings. The van der Waals surface area contributed by atoms with Gasteiger partial charge in [0.1, 0.15) is 0 Å². The number of nitro benzene ring substituents is 1. The zero-order valence-electron chi connectivity index (χ0n) is 16.5. The number of amides is 3. The van der Waals surface area contributed by atoms with Crippen molar-refractivity contribution in [2.75, 3.05) is 37.7 Å². The number of carbonyl (C=O) groups excluding carboxylic acids is 2. The fourth-order valence-electron chi connectivity index (χ4n) is 3.79. The van der Waals surface area contributed by atoms with Gasteiger partial charge in [-0.25, -0.2) is 9.69 Å². The van der Waals surface area contributed by atoms with Crippen molar-refractivity contribution in [1.82, 2.24) is 20.1 Å². The quantitative estimate of drug-likeness (QED) is 0.452. The average molecular weight is 410 g/mol. The first-order chi connectivity index (χ1) is 14.4. The van der Waals surface area contributed by atoms with E-state index >= 15 is 0 Å². The zero-order chi connectivity index (χ0) is 21.3. The number of nitrogens with zero attached hydrogens (tertiary/aromatic N) is 5. The minimum atomic E-state index is -1.17. The Morgan fingerprint density at radius 2 is 1.80 bits per heavy atom. The highest BCUT2D eigenvalue weighted by molar-refractivity contribution is 6.06. The molecule has 0 spiro atoms. The molecule has 3 heterocycles. The van der Waals surface area contributed by atoms with Crippen LogP contribution in [0.5, 0.6) is 0 Å². The Labute approximate surface area is 173 Å². The van der Waals surface area contributed by atoms with Crippen LogP contribution in [0.2, 0.25) is 0 Å². The molecule has 2 fully saturated rings. The first-order valence-corrected chi connectivity index (χ1v) is 9.66. The summed E-state index contributed by atoms with van der Waals surface area (Å²) < 4.78 is 0. The van der Waals surface area contributed by atoms with Crippen LogP contribution >= 0.6 is 0 Å². The predicted octanol–water partition coefficient (Wildman–Crippen LogP) is 1.54. The number of benzene rings is 1. The van der Waals surface area contributed by atoms with E-state index in [0.717, 1.165) is 5.69 Å². The molecule has 4 rings (SSSR count). The molecule has 0 unspecified atom stereocenters. The summed E-state index contributed by atoms with van der Waals surface area (Å²) in [6, 6.07) is 11.3. The molecule has 0 radical (unpaired) electrons. The fraction of sp³-hybridized carbons (Fsp3) is 0.350. The van der Waals surface area contributed by atoms with Crippen LogP contribution in [-0.4, -0.2) is 64.5 Å². The fourth-order valence-corrected chi connectivity index (χ4v) is 3.79. The van der Waals surface area contributed by atoms with Gasteiger partial charge in [0, 0.05) is 50.2 Å². The summed E-state index contributed by atoms with van der Waals surface area (Å²) in [5.74, 6) is -0.316. The normalized spacial score (nSPS) is 22.3. The van der Waals surface area contributed by atoms with Gasteiger partial charge in [0.25, 0.3) is 11.6 Å². The first kappa shape index (κ1) is 19.8. The summed E-state index contributed by atoms with van der Waals surface area (Å²) >= 11 is 0. The van der Waals surface area contributed by atoms with E-state index in [4.69, 9.17) is 0 Å². The predicted molar refractivity (Wildman–Crippen MR) is 109 cm³/mol. The van der Waals surface area contributed by atoms with E-state index in [1.807, 2.05) is 4.90 Å². The van der Waals surface area contributed by atoms with Gasteiger partial charge in [-0.1, -0.05) is 6.07 Å². The monoisotopic (exact) mass is 410 g/mol. The first-order valence-electron chi connectivity index (χ1n) is 9.66. The second-order valence-electron chi connectivity index (χ2n) is 7.52. The van der Waals surface area contributed by atoms with Gasteiger partial charge in [0.2, 0.25) is 0 Å². The summed E-state index contributed by atoms with van der Waals surface area (Å²) in [4.78, 5) is 45.5. The van der Waals surface area contributed by atoms with Gasteiger partial charge in [-0.2, -0.15) is 0 Å². The summed E-state index contributed by atoms with van der Waals surface area (Å²) in [5, 5.41) is 13.6. The van der Waals surface area contributed by atoms with Crippen molar-refractivity contribution in [2.45, 2.75) is 12.5 Å². The molecule has 1 N–H and O–H groups in total. The number of nitrogens with one attached hydrogen (secondary N) is 1. The van der Waals surface area contributed by atoms with Crippen LogP contribution < -0.4 is 10.2 Å². The Morgan fingerprint density at radius 1 is 1.10 bits per heavy atom. The van der Waals surface area contributed by atoms with E-state index in [1.54, 1.807) is 43.5 Å². The summed E-state index contributed by atoms with van der Waals surface area (Å²) in [6.07, 6.45) is 1.60. The van der Waals surface area contributed by atoms with Crippen LogP contribution in [0, 0.1) is 10.1 Å². The van der Waals surface area contributed by atoms with Gasteiger partial charge in [-0.3, -0.25) is 24.8 Å². The van der Waals surface area contributed by atoms with Crippen LogP contribution in [0.25, 0.3) is 0 Å². The van der Waals surface area contributed by atoms with Crippen LogP contribution in [0.1, 0.15) is 12.6 Å². The van der Waals surface area contributed by atoms with Crippen LogP contribution in [0.15, 0.2) is 48.7 Å². The van der Waals surface area contributed by atoms with Gasteiger partial charge in [0.05, 0.1) is 17.3 Å². The molecule has 0 saturated carbocycles. The van der Waals surface area contributed by atoms with Crippen LogP contribution in [-0.2, 0) is 10.3 Å². The summed E-state index contributed by atoms with van der Waals surface area (Å²) in [6.45, 7) is 4.59. The molecule has 2 aromatic rings. The van der Waals surface area contributed by atoms with Crippen molar-refractivity contribution >= 4 is 23.3 Å². The molecule has 30 heavy (non-hydrogen) atoms. The number of pyridine rings is 1. The highest BCUT2D eigenvalue weighted by atomic mass is 16.6. The van der Waals surface area contributed by atoms with E-state index in [9.17, 15) is 19.7 Å². The molecule has 2 aliphatic heterocycles. The number of aromatic nitrogens is 1. The number of urea groups is 1. The number of nitro groups is 1. The van der Waals surface area contributed by atoms with E-state index in [1.165, 1.54) is 17.0 Å². The minimum absolute atomic E-state index is 0.0619. The molecule has 2 saturated heterocycles. The average Bonchev–Trinajstić information content (AvgIpc) is 2.99. The van der Waals surface area contributed by atoms with E-state index in [2.05, 4.69) is 15.2 Å². The summed E-state index contributed by atoms with van der Waals surface area (Å²) in [7, 11) is 0. The van der Waals surface area contributed by atoms with Crippen molar-refractivity contribution in [3.63, 3.8) is 0 Å². The lowest BCUT2D eigenvalue weighted by Gasteiger charge is -2.37. The van der Waals surface area contributed by atoms with Gasteiger partial charge >= 0.3 is 6.03 Å². The van der Waals surface area contributed by atoms with Crippen molar-refractivity contribution < 1.29 is 14.5 Å². The highest BCUT2D eigenvalue weighted by Crippen LogP contribution is 2.27. The standard InChI is InChI=1S/C20H22N6O4/c1-20(17-4-2-3-9-21-17)18(27)25(19(28)22-20)14-23-10-12-24(13-11-23)15-5-7-16(8-6-15)26(29)30/h2-9H,10-14H2,1H3,(H,22,28)/t20-/m0/s1. The Kier molecular flexibility index (Phi) is 5.08. The third kappa shape index (κ3) is 3.57. The Morgan fingerprint density at radius 3 is 2.40 bits per heavy atom. The second kappa shape index (κ2) is 7.71. The molecule has 3 amide bonds. The SMILES string of the molecule is C[C@@]1(c2ccccn2)NC(=O)N(CN2CCN(c3ccc([N+](=O)[O-])cc3)CC2)C1=O. The Balaban J connectivity index is 1.37. The molecule has 1 aromatic heterocycles. The Bertz CT molecular complexity index is 959. The number of rotatable bonds is 5. The van der Waals surface area contributed by atoms with Crippen molar-refractivity contribution in [3.8, 4) is 0 Å². The zero-order valence-corrected chi connectivity index (χ0v) is 16.5. The van der Waals surface area contributed by atoms with Gasteiger partial charge < -0.3 is 10.2 Å². The van der Waals surface area contributed by atoms with Crippen molar-refractivity contribution in [3.05, 3.63) is 64.5 Å². The number of carbonyl (C=O) groups is 2. The molecule has 0 bridgehead atoms. The molecular weight excluding hydrogens is 388 g/mol. The Hall–Kier alpha value is -3.53. The van der Waals surface area contributed by atoms with Gasteiger partial charge in [-0.15, -0.1) is 0 Å². The molecular formula is C20H22N6O4. The van der Waals surface area contributed by atoms with E-state index < -0.39 is 16.5 Å². The molecule has 156 valence electrons. The molecule has 0 aliphatic carbocycles. The summed E-state index contributed by atoms with van der Waals surface area (Å²) in [5.41, 5.74) is 0.317. The van der Waals surface area contributed by atoms with E-state index in [-0.39, 0.29) is 18.3 Å². The molecule has 10 heteroatoms. The van der Waals surface area contributed by atoms with Gasteiger partial charge in [0.15, 0.2) is 5.54 Å². The van der Waals surface area contributed by atoms with Crippen LogP contribution in [0.4, 0.5) is 16.2 Å². The molecule has 10 nitrogen and oxygen atoms in total. The molecule has 1 atom stereocenters. The van der Waals surface area contributed by atoms with Crippen molar-refractivity contribution in [2.24, 2.45) is 0 Å². The van der Waals surface area contributed by atoms with Gasteiger partial charge in [-0.05, 0) is 31.2 Å². The number of anilines is 1. The lowest BCUT2D eigenvalue weighted by molar-refractivity contribution is -0.384. The highest BCUT2D eigenvalue weighted by Gasteiger charge is 2.50. The smallest absolute Gasteiger partial charge is 0.326 e. The van der Waals surface area contributed by atoms with E-state index in [0.29, 0.717) is 31.9 Å². The molecule has 1 aromatic carbocycles. The minimum Gasteiger partial charge on any atom is -0.369 e. The third-order valence-corrected chi connectivity index (χ3v) is 5.59. The maximum Gasteiger partial charge on any atom is 0.326 e. The van der Waals surface area contributed by atoms with Crippen LogP contribution in [0.3, 0.4) is 0 Å². The third-order valence-electron chi connectivity index (χ3n) is 5.59. The largest absolute Gasteiger partial charge is 0.369 e. The number of piperazine rings is 1. The maximum atomic E-state index is 13.0. The number of hydrogen-bond donors (Lipinski definition) is 1. The second-order valence-corrected chi connectivity index (χ2v) is 7.52. The lowest BCUT2D eigenvalue weighted by atomic mass is 9.97. The number of hydrogen-bond acceptors (Lipinski definition) is 7. The maximum absolute atomic E-state index is 13.0. The lowest BCUT2D eigenvalue weighted by Crippen LogP contribution is -2.51.